The molecule has 2 heteroatoms. The molecule has 1 rings (SSSR count). The summed E-state index contributed by atoms with van der Waals surface area (Å²) in [6, 6.07) is 0.365. The van der Waals surface area contributed by atoms with Crippen molar-refractivity contribution >= 4 is 0 Å². The summed E-state index contributed by atoms with van der Waals surface area (Å²) in [4.78, 5) is 0. The van der Waals surface area contributed by atoms with E-state index in [1.165, 1.54) is 25.7 Å². The Balaban J connectivity index is 2.33. The highest BCUT2D eigenvalue weighted by atomic mass is 14.6. The fourth-order valence-electron chi connectivity index (χ4n) is 2.02. The van der Waals surface area contributed by atoms with Crippen molar-refractivity contribution in [1.29, 1.82) is 0 Å². The first-order valence-electron chi connectivity index (χ1n) is 4.69. The van der Waals surface area contributed by atoms with Crippen LogP contribution in [0.1, 0.15) is 32.6 Å². The molecule has 1 aliphatic carbocycles. The zero-order valence-electron chi connectivity index (χ0n) is 7.42. The van der Waals surface area contributed by atoms with E-state index in [-0.39, 0.29) is 0 Å². The molecule has 1 aliphatic rings. The van der Waals surface area contributed by atoms with Crippen LogP contribution in [0.3, 0.4) is 0 Å². The van der Waals surface area contributed by atoms with Crippen LogP contribution < -0.4 is 11.5 Å². The van der Waals surface area contributed by atoms with Crippen molar-refractivity contribution in [3.8, 4) is 0 Å². The Hall–Kier alpha value is -0.0800. The van der Waals surface area contributed by atoms with Crippen LogP contribution in [-0.2, 0) is 0 Å². The Morgan fingerprint density at radius 1 is 1.45 bits per heavy atom. The molecular formula is C9H20N2. The second-order valence-corrected chi connectivity index (χ2v) is 3.89. The van der Waals surface area contributed by atoms with Crippen molar-refractivity contribution in [2.24, 2.45) is 23.3 Å². The SMILES string of the molecule is CC(N)C1CCCC(CN)C1. The molecule has 2 nitrogen and oxygen atoms in total. The predicted octanol–water partition coefficient (Wildman–Crippen LogP) is 1.10. The Bertz CT molecular complexity index is 112. The van der Waals surface area contributed by atoms with Crippen LogP contribution in [0.4, 0.5) is 0 Å². The molecule has 3 atom stereocenters. The minimum Gasteiger partial charge on any atom is -0.330 e. The molecule has 0 amide bonds. The first-order chi connectivity index (χ1) is 5.24. The Labute approximate surface area is 69.3 Å². The van der Waals surface area contributed by atoms with E-state index in [4.69, 9.17) is 11.5 Å². The van der Waals surface area contributed by atoms with Gasteiger partial charge in [0.25, 0.3) is 0 Å². The smallest absolute Gasteiger partial charge is 0.00388 e. The molecule has 0 spiro atoms. The van der Waals surface area contributed by atoms with Gasteiger partial charge in [0, 0.05) is 6.04 Å². The molecule has 0 bridgehead atoms. The third-order valence-corrected chi connectivity index (χ3v) is 2.90. The number of hydrogen-bond acceptors (Lipinski definition) is 2. The fourth-order valence-corrected chi connectivity index (χ4v) is 2.02. The molecule has 66 valence electrons. The molecule has 0 aliphatic heterocycles. The largest absolute Gasteiger partial charge is 0.330 e. The van der Waals surface area contributed by atoms with Crippen LogP contribution in [-0.4, -0.2) is 12.6 Å². The lowest BCUT2D eigenvalue weighted by atomic mass is 9.78. The molecule has 0 saturated heterocycles. The van der Waals surface area contributed by atoms with E-state index in [0.29, 0.717) is 6.04 Å². The second-order valence-electron chi connectivity index (χ2n) is 3.89. The topological polar surface area (TPSA) is 52.0 Å². The van der Waals surface area contributed by atoms with Gasteiger partial charge in [0.15, 0.2) is 0 Å². The summed E-state index contributed by atoms with van der Waals surface area (Å²) < 4.78 is 0. The van der Waals surface area contributed by atoms with Crippen molar-refractivity contribution in [3.63, 3.8) is 0 Å². The summed E-state index contributed by atoms with van der Waals surface area (Å²) in [5.41, 5.74) is 11.5. The van der Waals surface area contributed by atoms with E-state index in [0.717, 1.165) is 18.4 Å². The monoisotopic (exact) mass is 156 g/mol. The van der Waals surface area contributed by atoms with Crippen molar-refractivity contribution in [2.45, 2.75) is 38.6 Å². The maximum Gasteiger partial charge on any atom is 0.00388 e. The highest BCUT2D eigenvalue weighted by molar-refractivity contribution is 4.78. The third kappa shape index (κ3) is 2.46. The van der Waals surface area contributed by atoms with Crippen LogP contribution in [0, 0.1) is 11.8 Å². The Kier molecular flexibility index (Phi) is 3.34. The van der Waals surface area contributed by atoms with E-state index in [1.807, 2.05) is 0 Å². The normalized spacial score (nSPS) is 35.2. The van der Waals surface area contributed by atoms with Gasteiger partial charge in [-0.2, -0.15) is 0 Å². The molecule has 4 N–H and O–H groups in total. The van der Waals surface area contributed by atoms with E-state index in [9.17, 15) is 0 Å². The minimum atomic E-state index is 0.365. The van der Waals surface area contributed by atoms with Crippen molar-refractivity contribution in [1.82, 2.24) is 0 Å². The average molecular weight is 156 g/mol. The average Bonchev–Trinajstić information content (AvgIpc) is 2.05. The minimum absolute atomic E-state index is 0.365. The summed E-state index contributed by atoms with van der Waals surface area (Å²) in [6.07, 6.45) is 5.22. The molecule has 3 unspecified atom stereocenters. The number of hydrogen-bond donors (Lipinski definition) is 2. The van der Waals surface area contributed by atoms with Crippen LogP contribution >= 0.6 is 0 Å². The van der Waals surface area contributed by atoms with Crippen LogP contribution in [0.15, 0.2) is 0 Å². The molecule has 1 saturated carbocycles. The number of rotatable bonds is 2. The van der Waals surface area contributed by atoms with E-state index in [1.54, 1.807) is 0 Å². The third-order valence-electron chi connectivity index (χ3n) is 2.90. The van der Waals surface area contributed by atoms with Crippen molar-refractivity contribution in [2.75, 3.05) is 6.54 Å². The number of nitrogens with two attached hydrogens (primary N) is 2. The lowest BCUT2D eigenvalue weighted by molar-refractivity contribution is 0.245. The zero-order valence-corrected chi connectivity index (χ0v) is 7.42. The van der Waals surface area contributed by atoms with Gasteiger partial charge < -0.3 is 11.5 Å². The summed E-state index contributed by atoms with van der Waals surface area (Å²) in [6.45, 7) is 2.97. The molecule has 0 aromatic carbocycles. The standard InChI is InChI=1S/C9H20N2/c1-7(11)9-4-2-3-8(5-9)6-10/h7-9H,2-6,10-11H2,1H3. The van der Waals surface area contributed by atoms with Gasteiger partial charge in [-0.1, -0.05) is 6.42 Å². The quantitative estimate of drug-likeness (QED) is 0.629. The fraction of sp³-hybridized carbons (Fsp3) is 1.00. The summed E-state index contributed by atoms with van der Waals surface area (Å²) in [7, 11) is 0. The highest BCUT2D eigenvalue weighted by Gasteiger charge is 2.22. The first kappa shape index (κ1) is 9.01. The lowest BCUT2D eigenvalue weighted by Crippen LogP contribution is -2.33. The lowest BCUT2D eigenvalue weighted by Gasteiger charge is -2.30. The molecule has 0 heterocycles. The van der Waals surface area contributed by atoms with Crippen LogP contribution in [0.2, 0.25) is 0 Å². The van der Waals surface area contributed by atoms with E-state index >= 15 is 0 Å². The summed E-state index contributed by atoms with van der Waals surface area (Å²) in [5.74, 6) is 1.48. The van der Waals surface area contributed by atoms with Crippen molar-refractivity contribution in [3.05, 3.63) is 0 Å². The second kappa shape index (κ2) is 4.07. The molecule has 1 fully saturated rings. The van der Waals surface area contributed by atoms with Crippen LogP contribution in [0.5, 0.6) is 0 Å². The Morgan fingerprint density at radius 2 is 2.18 bits per heavy atom. The van der Waals surface area contributed by atoms with Gasteiger partial charge in [-0.3, -0.25) is 0 Å². The van der Waals surface area contributed by atoms with E-state index in [2.05, 4.69) is 6.92 Å². The van der Waals surface area contributed by atoms with Gasteiger partial charge in [-0.15, -0.1) is 0 Å². The maximum atomic E-state index is 5.84. The molecular weight excluding hydrogens is 136 g/mol. The zero-order chi connectivity index (χ0) is 8.27. The maximum absolute atomic E-state index is 5.84. The first-order valence-corrected chi connectivity index (χ1v) is 4.69. The summed E-state index contributed by atoms with van der Waals surface area (Å²) in [5, 5.41) is 0. The summed E-state index contributed by atoms with van der Waals surface area (Å²) >= 11 is 0. The van der Waals surface area contributed by atoms with Gasteiger partial charge in [0.05, 0.1) is 0 Å². The molecule has 0 aromatic rings. The van der Waals surface area contributed by atoms with Crippen LogP contribution in [0.25, 0.3) is 0 Å². The van der Waals surface area contributed by atoms with Gasteiger partial charge >= 0.3 is 0 Å². The van der Waals surface area contributed by atoms with Gasteiger partial charge in [0.2, 0.25) is 0 Å². The van der Waals surface area contributed by atoms with Crippen molar-refractivity contribution < 1.29 is 0 Å². The Morgan fingerprint density at radius 3 is 2.73 bits per heavy atom. The predicted molar refractivity (Wildman–Crippen MR) is 48.2 cm³/mol. The molecule has 11 heavy (non-hydrogen) atoms. The molecule has 0 radical (unpaired) electrons. The van der Waals surface area contributed by atoms with Gasteiger partial charge in [-0.25, -0.2) is 0 Å². The molecule has 0 aromatic heterocycles. The van der Waals surface area contributed by atoms with Gasteiger partial charge in [-0.05, 0) is 44.6 Å². The van der Waals surface area contributed by atoms with Gasteiger partial charge in [0.1, 0.15) is 0 Å². The highest BCUT2D eigenvalue weighted by Crippen LogP contribution is 2.29. The van der Waals surface area contributed by atoms with E-state index < -0.39 is 0 Å².